The summed E-state index contributed by atoms with van der Waals surface area (Å²) in [4.78, 5) is 11.8. The van der Waals surface area contributed by atoms with Gasteiger partial charge in [-0.2, -0.15) is 0 Å². The minimum atomic E-state index is -0.165. The zero-order valence-corrected chi connectivity index (χ0v) is 11.0. The largest absolute Gasteiger partial charge is 0.499 e. The fraction of sp³-hybridized carbons (Fsp3) is 0.643. The van der Waals surface area contributed by atoms with Gasteiger partial charge in [-0.05, 0) is 19.8 Å². The van der Waals surface area contributed by atoms with Gasteiger partial charge in [0.25, 0.3) is 0 Å². The highest BCUT2D eigenvalue weighted by Gasteiger charge is 2.34. The summed E-state index contributed by atoms with van der Waals surface area (Å²) in [6.45, 7) is 9.87. The topological polar surface area (TPSA) is 44.8 Å². The van der Waals surface area contributed by atoms with Gasteiger partial charge in [-0.15, -0.1) is 6.58 Å². The molecule has 0 aromatic carbocycles. The van der Waals surface area contributed by atoms with Gasteiger partial charge in [0.2, 0.25) is 0 Å². The van der Waals surface area contributed by atoms with Gasteiger partial charge in [0, 0.05) is 6.42 Å². The van der Waals surface area contributed by atoms with Gasteiger partial charge in [0.15, 0.2) is 0 Å². The van der Waals surface area contributed by atoms with Gasteiger partial charge >= 0.3 is 5.97 Å². The van der Waals surface area contributed by atoms with E-state index in [-0.39, 0.29) is 24.1 Å². The van der Waals surface area contributed by atoms with Crippen LogP contribution in [0.3, 0.4) is 0 Å². The van der Waals surface area contributed by atoms with Crippen molar-refractivity contribution in [3.8, 4) is 0 Å². The van der Waals surface area contributed by atoms with Crippen LogP contribution in [0.5, 0.6) is 0 Å². The molecule has 0 N–H and O–H groups in total. The molecule has 0 aliphatic heterocycles. The molecule has 1 saturated carbocycles. The first-order valence-corrected chi connectivity index (χ1v) is 6.36. The zero-order chi connectivity index (χ0) is 13.4. The van der Waals surface area contributed by atoms with Crippen LogP contribution in [0.4, 0.5) is 0 Å². The summed E-state index contributed by atoms with van der Waals surface area (Å²) >= 11 is 0. The highest BCUT2D eigenvalue weighted by molar-refractivity contribution is 5.72. The predicted molar refractivity (Wildman–Crippen MR) is 69.0 cm³/mol. The molecule has 1 fully saturated rings. The van der Waals surface area contributed by atoms with Gasteiger partial charge < -0.3 is 14.2 Å². The molecule has 0 heterocycles. The molecule has 1 aliphatic rings. The lowest BCUT2D eigenvalue weighted by atomic mass is 9.85. The SMILES string of the molecule is C=CCOC1CC(OC=C)CC(C(=O)OCC)C1. The molecule has 1 aliphatic carbocycles. The zero-order valence-electron chi connectivity index (χ0n) is 11.0. The molecule has 0 aromatic rings. The summed E-state index contributed by atoms with van der Waals surface area (Å²) in [6.07, 6.45) is 5.23. The molecule has 3 unspecified atom stereocenters. The van der Waals surface area contributed by atoms with E-state index in [9.17, 15) is 4.79 Å². The third kappa shape index (κ3) is 4.53. The van der Waals surface area contributed by atoms with Crippen LogP contribution in [0.15, 0.2) is 25.5 Å². The second-order valence-electron chi connectivity index (χ2n) is 4.32. The maximum atomic E-state index is 11.8. The van der Waals surface area contributed by atoms with Crippen molar-refractivity contribution in [2.45, 2.75) is 38.4 Å². The highest BCUT2D eigenvalue weighted by atomic mass is 16.5. The van der Waals surface area contributed by atoms with Crippen molar-refractivity contribution in [2.75, 3.05) is 13.2 Å². The van der Waals surface area contributed by atoms with E-state index in [1.807, 2.05) is 6.92 Å². The summed E-state index contributed by atoms with van der Waals surface area (Å²) in [5, 5.41) is 0. The Morgan fingerprint density at radius 2 is 2.00 bits per heavy atom. The van der Waals surface area contributed by atoms with Gasteiger partial charge in [-0.3, -0.25) is 4.79 Å². The number of rotatable bonds is 7. The monoisotopic (exact) mass is 254 g/mol. The summed E-state index contributed by atoms with van der Waals surface area (Å²) < 4.78 is 16.1. The van der Waals surface area contributed by atoms with Crippen LogP contribution >= 0.6 is 0 Å². The summed E-state index contributed by atoms with van der Waals surface area (Å²) in [7, 11) is 0. The van der Waals surface area contributed by atoms with Crippen LogP contribution in [0.2, 0.25) is 0 Å². The average Bonchev–Trinajstić information content (AvgIpc) is 2.37. The van der Waals surface area contributed by atoms with Crippen LogP contribution in [-0.4, -0.2) is 31.4 Å². The van der Waals surface area contributed by atoms with E-state index in [2.05, 4.69) is 13.2 Å². The lowest BCUT2D eigenvalue weighted by Crippen LogP contribution is -2.36. The number of hydrogen-bond acceptors (Lipinski definition) is 4. The van der Waals surface area contributed by atoms with Crippen LogP contribution in [0, 0.1) is 5.92 Å². The molecule has 18 heavy (non-hydrogen) atoms. The molecule has 0 bridgehead atoms. The fourth-order valence-electron chi connectivity index (χ4n) is 2.26. The van der Waals surface area contributed by atoms with E-state index in [4.69, 9.17) is 14.2 Å². The number of hydrogen-bond donors (Lipinski definition) is 0. The van der Waals surface area contributed by atoms with E-state index in [0.717, 1.165) is 6.42 Å². The molecule has 0 saturated heterocycles. The smallest absolute Gasteiger partial charge is 0.309 e. The maximum absolute atomic E-state index is 11.8. The standard InChI is InChI=1S/C14H22O4/c1-4-7-18-13-9-11(14(15)17-6-3)8-12(10-13)16-5-2/h4-5,11-13H,1-2,6-10H2,3H3. The first-order chi connectivity index (χ1) is 8.71. The van der Waals surface area contributed by atoms with Gasteiger partial charge in [-0.25, -0.2) is 0 Å². The van der Waals surface area contributed by atoms with Gasteiger partial charge in [0.1, 0.15) is 6.10 Å². The molecule has 4 nitrogen and oxygen atoms in total. The van der Waals surface area contributed by atoms with E-state index in [1.165, 1.54) is 6.26 Å². The second kappa shape index (κ2) is 7.93. The molecule has 0 radical (unpaired) electrons. The van der Waals surface area contributed by atoms with E-state index >= 15 is 0 Å². The van der Waals surface area contributed by atoms with Crippen molar-refractivity contribution in [3.63, 3.8) is 0 Å². The molecule has 4 heteroatoms. The Labute approximate surface area is 109 Å². The first kappa shape index (κ1) is 14.8. The maximum Gasteiger partial charge on any atom is 0.309 e. The molecule has 1 rings (SSSR count). The summed E-state index contributed by atoms with van der Waals surface area (Å²) in [5.74, 6) is -0.319. The van der Waals surface area contributed by atoms with Gasteiger partial charge in [0.05, 0.1) is 31.5 Å². The van der Waals surface area contributed by atoms with Crippen molar-refractivity contribution in [1.29, 1.82) is 0 Å². The van der Waals surface area contributed by atoms with Crippen LogP contribution in [0.25, 0.3) is 0 Å². The minimum Gasteiger partial charge on any atom is -0.499 e. The number of ether oxygens (including phenoxy) is 3. The van der Waals surface area contributed by atoms with Crippen LogP contribution < -0.4 is 0 Å². The number of carbonyl (C=O) groups excluding carboxylic acids is 1. The normalized spacial score (nSPS) is 27.3. The Balaban J connectivity index is 2.57. The van der Waals surface area contributed by atoms with Crippen molar-refractivity contribution < 1.29 is 19.0 Å². The van der Waals surface area contributed by atoms with Gasteiger partial charge in [-0.1, -0.05) is 12.7 Å². The van der Waals surface area contributed by atoms with Crippen LogP contribution in [0.1, 0.15) is 26.2 Å². The Hall–Kier alpha value is -1.29. The summed E-state index contributed by atoms with van der Waals surface area (Å²) in [6, 6.07) is 0. The third-order valence-electron chi connectivity index (χ3n) is 2.98. The lowest BCUT2D eigenvalue weighted by molar-refractivity contribution is -0.153. The summed E-state index contributed by atoms with van der Waals surface area (Å²) in [5.41, 5.74) is 0. The molecule has 102 valence electrons. The Morgan fingerprint density at radius 1 is 1.28 bits per heavy atom. The Kier molecular flexibility index (Phi) is 6.50. The van der Waals surface area contributed by atoms with Crippen molar-refractivity contribution in [1.82, 2.24) is 0 Å². The molecule has 0 aromatic heterocycles. The molecule has 0 spiro atoms. The Bertz CT molecular complexity index is 288. The first-order valence-electron chi connectivity index (χ1n) is 6.36. The third-order valence-corrected chi connectivity index (χ3v) is 2.98. The molecular weight excluding hydrogens is 232 g/mol. The fourth-order valence-corrected chi connectivity index (χ4v) is 2.26. The highest BCUT2D eigenvalue weighted by Crippen LogP contribution is 2.29. The van der Waals surface area contributed by atoms with E-state index in [0.29, 0.717) is 26.1 Å². The minimum absolute atomic E-state index is 0.0103. The lowest BCUT2D eigenvalue weighted by Gasteiger charge is -2.32. The number of esters is 1. The molecule has 0 amide bonds. The van der Waals surface area contributed by atoms with Crippen molar-refractivity contribution in [2.24, 2.45) is 5.92 Å². The Morgan fingerprint density at radius 3 is 2.61 bits per heavy atom. The quantitative estimate of drug-likeness (QED) is 0.398. The van der Waals surface area contributed by atoms with E-state index in [1.54, 1.807) is 6.08 Å². The molecular formula is C14H22O4. The van der Waals surface area contributed by atoms with E-state index < -0.39 is 0 Å². The van der Waals surface area contributed by atoms with Crippen LogP contribution in [-0.2, 0) is 19.0 Å². The second-order valence-corrected chi connectivity index (χ2v) is 4.32. The number of carbonyl (C=O) groups is 1. The predicted octanol–water partition coefficient (Wildman–Crippen LogP) is 2.45. The van der Waals surface area contributed by atoms with Crippen molar-refractivity contribution >= 4 is 5.97 Å². The molecule has 3 atom stereocenters. The van der Waals surface area contributed by atoms with Crippen molar-refractivity contribution in [3.05, 3.63) is 25.5 Å². The average molecular weight is 254 g/mol.